The smallest absolute Gasteiger partial charge is 0.0241 e. The van der Waals surface area contributed by atoms with Crippen LogP contribution in [0.1, 0.15) is 71.1 Å². The summed E-state index contributed by atoms with van der Waals surface area (Å²) < 4.78 is 0. The van der Waals surface area contributed by atoms with E-state index in [0.717, 1.165) is 6.54 Å². The summed E-state index contributed by atoms with van der Waals surface area (Å²) in [5, 5.41) is 0. The second-order valence-electron chi connectivity index (χ2n) is 6.46. The molecule has 0 aliphatic heterocycles. The second-order valence-corrected chi connectivity index (χ2v) is 6.46. The van der Waals surface area contributed by atoms with Gasteiger partial charge in [-0.3, -0.25) is 4.90 Å². The van der Waals surface area contributed by atoms with Crippen molar-refractivity contribution in [1.29, 1.82) is 0 Å². The minimum Gasteiger partial charge on any atom is -0.294 e. The van der Waals surface area contributed by atoms with Crippen molar-refractivity contribution in [3.63, 3.8) is 0 Å². The van der Waals surface area contributed by atoms with Crippen LogP contribution >= 0.6 is 0 Å². The summed E-state index contributed by atoms with van der Waals surface area (Å²) in [6.45, 7) is 14.8. The lowest BCUT2D eigenvalue weighted by Gasteiger charge is -2.31. The van der Waals surface area contributed by atoms with Gasteiger partial charge in [0.2, 0.25) is 0 Å². The van der Waals surface area contributed by atoms with Gasteiger partial charge >= 0.3 is 0 Å². The van der Waals surface area contributed by atoms with E-state index in [4.69, 9.17) is 0 Å². The average Bonchev–Trinajstić information content (AvgIpc) is 2.37. The molecule has 0 aromatic heterocycles. The van der Waals surface area contributed by atoms with Gasteiger partial charge in [0.1, 0.15) is 0 Å². The largest absolute Gasteiger partial charge is 0.294 e. The molecule has 0 atom stereocenters. The Hall–Kier alpha value is -0.820. The lowest BCUT2D eigenvalue weighted by molar-refractivity contribution is 0.165. The molecule has 1 aromatic carbocycles. The molecule has 1 rings (SSSR count). The number of hydrogen-bond acceptors (Lipinski definition) is 1. The molecule has 0 N–H and O–H groups in total. The Balaban J connectivity index is 2.97. The molecule has 0 radical (unpaired) electrons. The number of aryl methyl sites for hydroxylation is 2. The quantitative estimate of drug-likeness (QED) is 0.629. The third-order valence-electron chi connectivity index (χ3n) is 4.01. The van der Waals surface area contributed by atoms with E-state index in [1.807, 2.05) is 0 Å². The van der Waals surface area contributed by atoms with Crippen LogP contribution in [0.2, 0.25) is 0 Å². The summed E-state index contributed by atoms with van der Waals surface area (Å²) in [6.07, 6.45) is 4.87. The van der Waals surface area contributed by atoms with Crippen LogP contribution in [0.5, 0.6) is 0 Å². The van der Waals surface area contributed by atoms with Gasteiger partial charge in [-0.25, -0.2) is 0 Å². The highest BCUT2D eigenvalue weighted by molar-refractivity contribution is 5.32. The van der Waals surface area contributed by atoms with E-state index in [2.05, 4.69) is 64.6 Å². The summed E-state index contributed by atoms with van der Waals surface area (Å²) in [7, 11) is 0. The van der Waals surface area contributed by atoms with Crippen LogP contribution in [0, 0.1) is 0 Å². The maximum absolute atomic E-state index is 2.58. The van der Waals surface area contributed by atoms with E-state index in [1.54, 1.807) is 5.56 Å². The van der Waals surface area contributed by atoms with Crippen LogP contribution in [0.25, 0.3) is 0 Å². The lowest BCUT2D eigenvalue weighted by Crippen LogP contribution is -2.36. The van der Waals surface area contributed by atoms with E-state index < -0.39 is 0 Å². The van der Waals surface area contributed by atoms with Gasteiger partial charge < -0.3 is 0 Å². The van der Waals surface area contributed by atoms with E-state index in [-0.39, 0.29) is 0 Å². The third-order valence-corrected chi connectivity index (χ3v) is 4.01. The van der Waals surface area contributed by atoms with Gasteiger partial charge in [-0.15, -0.1) is 0 Å². The van der Waals surface area contributed by atoms with Gasteiger partial charge in [0.15, 0.2) is 0 Å². The highest BCUT2D eigenvalue weighted by Gasteiger charge is 2.15. The lowest BCUT2D eigenvalue weighted by atomic mass is 9.97. The topological polar surface area (TPSA) is 3.24 Å². The molecule has 1 heteroatoms. The van der Waals surface area contributed by atoms with E-state index in [0.29, 0.717) is 12.1 Å². The zero-order valence-corrected chi connectivity index (χ0v) is 14.4. The highest BCUT2D eigenvalue weighted by atomic mass is 15.2. The van der Waals surface area contributed by atoms with Crippen molar-refractivity contribution in [2.75, 3.05) is 0 Å². The fraction of sp³-hybridized carbons (Fsp3) is 0.684. The van der Waals surface area contributed by atoms with Crippen LogP contribution in [-0.4, -0.2) is 17.0 Å². The summed E-state index contributed by atoms with van der Waals surface area (Å²) in [4.78, 5) is 2.58. The second kappa shape index (κ2) is 8.46. The molecule has 0 amide bonds. The Morgan fingerprint density at radius 1 is 0.850 bits per heavy atom. The normalized spacial score (nSPS) is 11.8. The van der Waals surface area contributed by atoms with Gasteiger partial charge in [-0.2, -0.15) is 0 Å². The Kier molecular flexibility index (Phi) is 7.29. The first-order valence-corrected chi connectivity index (χ1v) is 8.35. The van der Waals surface area contributed by atoms with Crippen molar-refractivity contribution in [2.45, 2.75) is 85.9 Å². The molecule has 114 valence electrons. The first-order valence-electron chi connectivity index (χ1n) is 8.35. The van der Waals surface area contributed by atoms with Crippen LogP contribution in [0.3, 0.4) is 0 Å². The summed E-state index contributed by atoms with van der Waals surface area (Å²) in [5.41, 5.74) is 4.58. The molecule has 0 aliphatic rings. The first-order chi connectivity index (χ1) is 9.49. The Bertz CT molecular complexity index is 385. The minimum absolute atomic E-state index is 0.597. The van der Waals surface area contributed by atoms with Gasteiger partial charge in [0.05, 0.1) is 0 Å². The molecule has 0 spiro atoms. The molecule has 0 fully saturated rings. The summed E-state index contributed by atoms with van der Waals surface area (Å²) >= 11 is 0. The third kappa shape index (κ3) is 4.94. The van der Waals surface area contributed by atoms with Crippen molar-refractivity contribution >= 4 is 0 Å². The summed E-state index contributed by atoms with van der Waals surface area (Å²) in [5.74, 6) is 0. The molecule has 1 aromatic rings. The van der Waals surface area contributed by atoms with E-state index in [9.17, 15) is 0 Å². The zero-order valence-electron chi connectivity index (χ0n) is 14.4. The Morgan fingerprint density at radius 3 is 1.95 bits per heavy atom. The fourth-order valence-electron chi connectivity index (χ4n) is 2.94. The molecule has 0 saturated heterocycles. The maximum Gasteiger partial charge on any atom is 0.0241 e. The van der Waals surface area contributed by atoms with Crippen molar-refractivity contribution in [3.05, 3.63) is 34.9 Å². The predicted octanol–water partition coefficient (Wildman–Crippen LogP) is 5.21. The molecule has 20 heavy (non-hydrogen) atoms. The molecule has 0 heterocycles. The van der Waals surface area contributed by atoms with Crippen molar-refractivity contribution < 1.29 is 0 Å². The number of rotatable bonds is 8. The molecule has 0 bridgehead atoms. The van der Waals surface area contributed by atoms with Gasteiger partial charge in [0.25, 0.3) is 0 Å². The first kappa shape index (κ1) is 17.2. The standard InChI is InChI=1S/C19H33N/c1-7-9-17-11-12-19(18(13-17)10-8-2)14-20(15(3)4)16(5)6/h11-13,15-16H,7-10,14H2,1-6H3. The van der Waals surface area contributed by atoms with Gasteiger partial charge in [-0.05, 0) is 57.2 Å². The molecule has 0 aliphatic carbocycles. The number of nitrogens with zero attached hydrogens (tertiary/aromatic N) is 1. The predicted molar refractivity (Wildman–Crippen MR) is 90.2 cm³/mol. The average molecular weight is 275 g/mol. The molecule has 0 saturated carbocycles. The number of benzene rings is 1. The van der Waals surface area contributed by atoms with Gasteiger partial charge in [0, 0.05) is 18.6 Å². The van der Waals surface area contributed by atoms with Crippen LogP contribution < -0.4 is 0 Å². The Labute approximate surface area is 126 Å². The van der Waals surface area contributed by atoms with Crippen molar-refractivity contribution in [1.82, 2.24) is 4.90 Å². The van der Waals surface area contributed by atoms with Crippen LogP contribution in [0.4, 0.5) is 0 Å². The summed E-state index contributed by atoms with van der Waals surface area (Å²) in [6, 6.07) is 8.34. The van der Waals surface area contributed by atoms with E-state index in [1.165, 1.54) is 36.8 Å². The van der Waals surface area contributed by atoms with Crippen LogP contribution in [0.15, 0.2) is 18.2 Å². The van der Waals surface area contributed by atoms with Crippen LogP contribution in [-0.2, 0) is 19.4 Å². The maximum atomic E-state index is 2.58. The Morgan fingerprint density at radius 2 is 1.45 bits per heavy atom. The molecule has 1 nitrogen and oxygen atoms in total. The minimum atomic E-state index is 0.597. The number of hydrogen-bond donors (Lipinski definition) is 0. The molecule has 0 unspecified atom stereocenters. The monoisotopic (exact) mass is 275 g/mol. The van der Waals surface area contributed by atoms with Gasteiger partial charge in [-0.1, -0.05) is 44.9 Å². The fourth-order valence-corrected chi connectivity index (χ4v) is 2.94. The molecular formula is C19H33N. The SMILES string of the molecule is CCCc1ccc(CN(C(C)C)C(C)C)c(CCC)c1. The molecular weight excluding hydrogens is 242 g/mol. The van der Waals surface area contributed by atoms with Crippen molar-refractivity contribution in [3.8, 4) is 0 Å². The zero-order chi connectivity index (χ0) is 15.1. The van der Waals surface area contributed by atoms with E-state index >= 15 is 0 Å². The van der Waals surface area contributed by atoms with Crippen molar-refractivity contribution in [2.24, 2.45) is 0 Å². The highest BCUT2D eigenvalue weighted by Crippen LogP contribution is 2.20.